The van der Waals surface area contributed by atoms with Gasteiger partial charge in [0.1, 0.15) is 0 Å². The number of nitrogens with one attached hydrogen (secondary N) is 1. The first-order valence-electron chi connectivity index (χ1n) is 7.99. The zero-order valence-electron chi connectivity index (χ0n) is 13.0. The quantitative estimate of drug-likeness (QED) is 0.632. The Morgan fingerprint density at radius 2 is 1.65 bits per heavy atom. The van der Waals surface area contributed by atoms with Crippen LogP contribution >= 0.6 is 0 Å². The molecule has 1 aromatic rings. The van der Waals surface area contributed by atoms with E-state index in [1.54, 1.807) is 0 Å². The highest BCUT2D eigenvalue weighted by molar-refractivity contribution is 5.75. The highest BCUT2D eigenvalue weighted by atomic mass is 16.1. The van der Waals surface area contributed by atoms with E-state index in [9.17, 15) is 4.79 Å². The van der Waals surface area contributed by atoms with Crippen molar-refractivity contribution in [3.8, 4) is 0 Å². The van der Waals surface area contributed by atoms with Crippen LogP contribution in [0.5, 0.6) is 0 Å². The van der Waals surface area contributed by atoms with Gasteiger partial charge in [0.2, 0.25) is 5.91 Å². The average molecular weight is 275 g/mol. The molecule has 0 heterocycles. The van der Waals surface area contributed by atoms with Gasteiger partial charge >= 0.3 is 0 Å². The van der Waals surface area contributed by atoms with Gasteiger partial charge < -0.3 is 5.32 Å². The van der Waals surface area contributed by atoms with Crippen molar-refractivity contribution < 1.29 is 4.79 Å². The minimum atomic E-state index is 0.211. The van der Waals surface area contributed by atoms with E-state index in [1.165, 1.54) is 37.7 Å². The summed E-state index contributed by atoms with van der Waals surface area (Å²) in [6, 6.07) is 10.7. The van der Waals surface area contributed by atoms with E-state index >= 15 is 0 Å². The van der Waals surface area contributed by atoms with E-state index in [0.717, 1.165) is 13.0 Å². The Balaban J connectivity index is 1.91. The Morgan fingerprint density at radius 1 is 1.00 bits per heavy atom. The fraction of sp³-hybridized carbons (Fsp3) is 0.611. The minimum Gasteiger partial charge on any atom is -0.356 e. The topological polar surface area (TPSA) is 29.1 Å². The molecule has 0 aliphatic heterocycles. The second-order valence-corrected chi connectivity index (χ2v) is 5.95. The number of hydrogen-bond donors (Lipinski definition) is 1. The number of carbonyl (C=O) groups is 1. The number of amides is 1. The van der Waals surface area contributed by atoms with Gasteiger partial charge in [0.25, 0.3) is 0 Å². The lowest BCUT2D eigenvalue weighted by Gasteiger charge is -2.07. The highest BCUT2D eigenvalue weighted by Gasteiger charge is 2.01. The van der Waals surface area contributed by atoms with Crippen LogP contribution < -0.4 is 5.32 Å². The predicted octanol–water partition coefficient (Wildman–Crippen LogP) is 4.34. The molecule has 1 aromatic carbocycles. The fourth-order valence-electron chi connectivity index (χ4n) is 2.20. The molecule has 20 heavy (non-hydrogen) atoms. The van der Waals surface area contributed by atoms with Crippen LogP contribution in [0.25, 0.3) is 0 Å². The molecular weight excluding hydrogens is 246 g/mol. The number of benzene rings is 1. The second-order valence-electron chi connectivity index (χ2n) is 5.95. The van der Waals surface area contributed by atoms with Crippen molar-refractivity contribution in [3.05, 3.63) is 35.9 Å². The van der Waals surface area contributed by atoms with Gasteiger partial charge in [-0.05, 0) is 30.7 Å². The van der Waals surface area contributed by atoms with E-state index in [2.05, 4.69) is 49.5 Å². The third-order valence-electron chi connectivity index (χ3n) is 3.42. The van der Waals surface area contributed by atoms with Crippen LogP contribution in [0, 0.1) is 5.92 Å². The SMILES string of the molecule is CC(C)CNC(=O)CCCCCCCc1ccccc1. The van der Waals surface area contributed by atoms with E-state index in [1.807, 2.05) is 0 Å². The highest BCUT2D eigenvalue weighted by Crippen LogP contribution is 2.09. The van der Waals surface area contributed by atoms with Crippen LogP contribution in [0.15, 0.2) is 30.3 Å². The van der Waals surface area contributed by atoms with Crippen LogP contribution in [0.4, 0.5) is 0 Å². The maximum Gasteiger partial charge on any atom is 0.220 e. The van der Waals surface area contributed by atoms with Crippen molar-refractivity contribution >= 4 is 5.91 Å². The van der Waals surface area contributed by atoms with Crippen molar-refractivity contribution in [2.75, 3.05) is 6.54 Å². The Bertz CT molecular complexity index is 359. The summed E-state index contributed by atoms with van der Waals surface area (Å²) in [6.45, 7) is 5.04. The van der Waals surface area contributed by atoms with Crippen molar-refractivity contribution in [1.82, 2.24) is 5.32 Å². The maximum absolute atomic E-state index is 11.5. The first kappa shape index (κ1) is 16.7. The zero-order chi connectivity index (χ0) is 14.6. The van der Waals surface area contributed by atoms with Crippen LogP contribution in [0.2, 0.25) is 0 Å². The molecule has 1 amide bonds. The van der Waals surface area contributed by atoms with Gasteiger partial charge in [0.05, 0.1) is 0 Å². The molecular formula is C18H29NO. The summed E-state index contributed by atoms with van der Waals surface area (Å²) >= 11 is 0. The standard InChI is InChI=1S/C18H29NO/c1-16(2)15-19-18(20)14-10-5-3-4-7-11-17-12-8-6-9-13-17/h6,8-9,12-13,16H,3-5,7,10-11,14-15H2,1-2H3,(H,19,20). The molecule has 0 spiro atoms. The van der Waals surface area contributed by atoms with Crippen molar-refractivity contribution in [2.45, 2.75) is 58.8 Å². The first-order valence-corrected chi connectivity index (χ1v) is 7.99. The Kier molecular flexibility index (Phi) is 8.77. The lowest BCUT2D eigenvalue weighted by Crippen LogP contribution is -2.26. The maximum atomic E-state index is 11.5. The molecule has 0 saturated carbocycles. The molecule has 0 aliphatic rings. The molecule has 0 atom stereocenters. The van der Waals surface area contributed by atoms with E-state index in [0.29, 0.717) is 12.3 Å². The van der Waals surface area contributed by atoms with Gasteiger partial charge in [-0.1, -0.05) is 63.4 Å². The Morgan fingerprint density at radius 3 is 2.35 bits per heavy atom. The zero-order valence-corrected chi connectivity index (χ0v) is 13.0. The molecule has 112 valence electrons. The van der Waals surface area contributed by atoms with Crippen molar-refractivity contribution in [1.29, 1.82) is 0 Å². The number of unbranched alkanes of at least 4 members (excludes halogenated alkanes) is 4. The van der Waals surface area contributed by atoms with Gasteiger partial charge in [-0.3, -0.25) is 4.79 Å². The van der Waals surface area contributed by atoms with Crippen LogP contribution in [0.1, 0.15) is 57.9 Å². The van der Waals surface area contributed by atoms with E-state index in [-0.39, 0.29) is 5.91 Å². The molecule has 2 nitrogen and oxygen atoms in total. The van der Waals surface area contributed by atoms with Gasteiger partial charge in [-0.2, -0.15) is 0 Å². The summed E-state index contributed by atoms with van der Waals surface area (Å²) in [6.07, 6.45) is 7.82. The van der Waals surface area contributed by atoms with Crippen LogP contribution in [0.3, 0.4) is 0 Å². The van der Waals surface area contributed by atoms with Gasteiger partial charge in [-0.15, -0.1) is 0 Å². The first-order chi connectivity index (χ1) is 9.68. The summed E-state index contributed by atoms with van der Waals surface area (Å²) in [5.74, 6) is 0.750. The van der Waals surface area contributed by atoms with Gasteiger partial charge in [0.15, 0.2) is 0 Å². The normalized spacial score (nSPS) is 10.8. The third-order valence-corrected chi connectivity index (χ3v) is 3.42. The minimum absolute atomic E-state index is 0.211. The largest absolute Gasteiger partial charge is 0.356 e. The van der Waals surface area contributed by atoms with Crippen molar-refractivity contribution in [2.24, 2.45) is 5.92 Å². The number of carbonyl (C=O) groups excluding carboxylic acids is 1. The third kappa shape index (κ3) is 8.73. The molecule has 0 aliphatic carbocycles. The molecule has 0 radical (unpaired) electrons. The van der Waals surface area contributed by atoms with Gasteiger partial charge in [0, 0.05) is 13.0 Å². The van der Waals surface area contributed by atoms with Crippen LogP contribution in [-0.2, 0) is 11.2 Å². The molecule has 1 N–H and O–H groups in total. The molecule has 0 saturated heterocycles. The molecule has 0 aromatic heterocycles. The van der Waals surface area contributed by atoms with E-state index in [4.69, 9.17) is 0 Å². The molecule has 2 heteroatoms. The summed E-state index contributed by atoms with van der Waals surface area (Å²) in [4.78, 5) is 11.5. The Hall–Kier alpha value is -1.31. The average Bonchev–Trinajstić information content (AvgIpc) is 2.45. The lowest BCUT2D eigenvalue weighted by atomic mass is 10.0. The summed E-state index contributed by atoms with van der Waals surface area (Å²) < 4.78 is 0. The number of hydrogen-bond acceptors (Lipinski definition) is 1. The molecule has 0 fully saturated rings. The lowest BCUT2D eigenvalue weighted by molar-refractivity contribution is -0.121. The predicted molar refractivity (Wildman–Crippen MR) is 85.7 cm³/mol. The van der Waals surface area contributed by atoms with Gasteiger partial charge in [-0.25, -0.2) is 0 Å². The number of aryl methyl sites for hydroxylation is 1. The molecule has 0 bridgehead atoms. The second kappa shape index (κ2) is 10.5. The summed E-state index contributed by atoms with van der Waals surface area (Å²) in [7, 11) is 0. The summed E-state index contributed by atoms with van der Waals surface area (Å²) in [5.41, 5.74) is 1.43. The summed E-state index contributed by atoms with van der Waals surface area (Å²) in [5, 5.41) is 2.97. The number of rotatable bonds is 10. The smallest absolute Gasteiger partial charge is 0.220 e. The fourth-order valence-corrected chi connectivity index (χ4v) is 2.20. The van der Waals surface area contributed by atoms with E-state index < -0.39 is 0 Å². The van der Waals surface area contributed by atoms with Crippen LogP contribution in [-0.4, -0.2) is 12.5 Å². The monoisotopic (exact) mass is 275 g/mol. The van der Waals surface area contributed by atoms with Crippen molar-refractivity contribution in [3.63, 3.8) is 0 Å². The molecule has 1 rings (SSSR count). The Labute approximate surface area is 124 Å². The molecule has 0 unspecified atom stereocenters.